The summed E-state index contributed by atoms with van der Waals surface area (Å²) in [6.45, 7) is 3.70. The van der Waals surface area contributed by atoms with E-state index in [4.69, 9.17) is 0 Å². The van der Waals surface area contributed by atoms with E-state index in [9.17, 15) is 13.2 Å². The number of unbranched alkanes of at least 4 members (excludes halogenated alkanes) is 2. The molecule has 1 fully saturated rings. The van der Waals surface area contributed by atoms with Crippen LogP contribution in [0.15, 0.2) is 6.07 Å². The Balaban J connectivity index is 1.99. The van der Waals surface area contributed by atoms with Crippen LogP contribution in [0.1, 0.15) is 75.3 Å². The molecule has 3 heteroatoms. The molecule has 0 nitrogen and oxygen atoms in total. The van der Waals surface area contributed by atoms with Crippen molar-refractivity contribution in [1.82, 2.24) is 0 Å². The zero-order chi connectivity index (χ0) is 15.4. The molecule has 0 amide bonds. The van der Waals surface area contributed by atoms with Crippen LogP contribution in [0.25, 0.3) is 0 Å². The summed E-state index contributed by atoms with van der Waals surface area (Å²) in [5.74, 6) is -2.57. The average Bonchev–Trinajstić information content (AvgIpc) is 2.50. The van der Waals surface area contributed by atoms with Gasteiger partial charge in [-0.15, -0.1) is 0 Å². The minimum Gasteiger partial charge on any atom is -0.203 e. The Bertz CT molecular complexity index is 474. The average molecular weight is 298 g/mol. The van der Waals surface area contributed by atoms with E-state index in [1.54, 1.807) is 0 Å². The Morgan fingerprint density at radius 1 is 0.952 bits per heavy atom. The van der Waals surface area contributed by atoms with Crippen molar-refractivity contribution in [2.45, 2.75) is 71.1 Å². The zero-order valence-electron chi connectivity index (χ0n) is 13.0. The Hall–Kier alpha value is -0.990. The van der Waals surface area contributed by atoms with Gasteiger partial charge in [-0.05, 0) is 61.6 Å². The van der Waals surface area contributed by atoms with Gasteiger partial charge < -0.3 is 0 Å². The molecule has 2 rings (SSSR count). The first-order valence-electron chi connectivity index (χ1n) is 8.18. The third-order valence-corrected chi connectivity index (χ3v) is 4.86. The van der Waals surface area contributed by atoms with Crippen molar-refractivity contribution in [2.24, 2.45) is 5.92 Å². The van der Waals surface area contributed by atoms with Crippen LogP contribution in [-0.2, 0) is 0 Å². The van der Waals surface area contributed by atoms with E-state index in [1.165, 1.54) is 38.7 Å². The van der Waals surface area contributed by atoms with Gasteiger partial charge in [0.2, 0.25) is 0 Å². The number of hydrogen-bond acceptors (Lipinski definition) is 0. The lowest BCUT2D eigenvalue weighted by Crippen LogP contribution is -2.15. The highest BCUT2D eigenvalue weighted by atomic mass is 19.2. The highest BCUT2D eigenvalue weighted by Gasteiger charge is 2.27. The van der Waals surface area contributed by atoms with Gasteiger partial charge in [-0.1, -0.05) is 32.6 Å². The van der Waals surface area contributed by atoms with Crippen LogP contribution >= 0.6 is 0 Å². The smallest absolute Gasteiger partial charge is 0.194 e. The molecule has 0 heterocycles. The van der Waals surface area contributed by atoms with E-state index >= 15 is 0 Å². The number of aryl methyl sites for hydroxylation is 1. The quantitative estimate of drug-likeness (QED) is 0.444. The minimum atomic E-state index is -1.31. The maximum absolute atomic E-state index is 14.0. The van der Waals surface area contributed by atoms with Crippen molar-refractivity contribution >= 4 is 0 Å². The van der Waals surface area contributed by atoms with E-state index < -0.39 is 17.5 Å². The van der Waals surface area contributed by atoms with Crippen molar-refractivity contribution in [1.29, 1.82) is 0 Å². The van der Waals surface area contributed by atoms with Gasteiger partial charge in [0.1, 0.15) is 0 Å². The molecule has 1 aromatic carbocycles. The van der Waals surface area contributed by atoms with Crippen LogP contribution in [-0.4, -0.2) is 0 Å². The van der Waals surface area contributed by atoms with Gasteiger partial charge in [0.15, 0.2) is 17.5 Å². The summed E-state index contributed by atoms with van der Waals surface area (Å²) in [6.07, 6.45) is 8.95. The SMILES string of the molecule is CCCCCC1CCC(c2cc(C)c(F)c(F)c2F)CC1. The second kappa shape index (κ2) is 7.33. The third-order valence-electron chi connectivity index (χ3n) is 4.86. The monoisotopic (exact) mass is 298 g/mol. The number of rotatable bonds is 5. The van der Waals surface area contributed by atoms with Crippen LogP contribution in [0.2, 0.25) is 0 Å². The first kappa shape index (κ1) is 16.4. The van der Waals surface area contributed by atoms with Crippen LogP contribution in [0.5, 0.6) is 0 Å². The predicted octanol–water partition coefficient (Wildman–Crippen LogP) is 6.27. The van der Waals surface area contributed by atoms with E-state index in [1.807, 2.05) is 0 Å². The van der Waals surface area contributed by atoms with Crippen LogP contribution < -0.4 is 0 Å². The lowest BCUT2D eigenvalue weighted by Gasteiger charge is -2.29. The number of halogens is 3. The van der Waals surface area contributed by atoms with Crippen LogP contribution in [0.4, 0.5) is 13.2 Å². The molecular formula is C18H25F3. The molecule has 0 bridgehead atoms. The lowest BCUT2D eigenvalue weighted by atomic mass is 9.76. The Kier molecular flexibility index (Phi) is 5.72. The second-order valence-electron chi connectivity index (χ2n) is 6.44. The number of hydrogen-bond donors (Lipinski definition) is 0. The van der Waals surface area contributed by atoms with E-state index in [0.29, 0.717) is 5.56 Å². The van der Waals surface area contributed by atoms with Crippen LogP contribution in [0.3, 0.4) is 0 Å². The molecule has 0 saturated heterocycles. The summed E-state index contributed by atoms with van der Waals surface area (Å²) in [6, 6.07) is 1.50. The molecule has 0 atom stereocenters. The zero-order valence-corrected chi connectivity index (χ0v) is 13.0. The summed E-state index contributed by atoms with van der Waals surface area (Å²) in [4.78, 5) is 0. The third kappa shape index (κ3) is 3.81. The molecule has 0 N–H and O–H groups in total. The van der Waals surface area contributed by atoms with Crippen molar-refractivity contribution in [3.05, 3.63) is 34.6 Å². The summed E-state index contributed by atoms with van der Waals surface area (Å²) >= 11 is 0. The largest absolute Gasteiger partial charge is 0.203 e. The number of benzene rings is 1. The van der Waals surface area contributed by atoms with E-state index in [0.717, 1.165) is 31.6 Å². The predicted molar refractivity (Wildman–Crippen MR) is 79.9 cm³/mol. The molecule has 0 unspecified atom stereocenters. The highest BCUT2D eigenvalue weighted by Crippen LogP contribution is 2.39. The molecule has 0 spiro atoms. The Labute approximate surface area is 125 Å². The summed E-state index contributed by atoms with van der Waals surface area (Å²) in [5, 5.41) is 0. The molecule has 21 heavy (non-hydrogen) atoms. The van der Waals surface area contributed by atoms with Crippen molar-refractivity contribution in [3.63, 3.8) is 0 Å². The molecule has 0 aromatic heterocycles. The Morgan fingerprint density at radius 3 is 2.24 bits per heavy atom. The van der Waals surface area contributed by atoms with Crippen molar-refractivity contribution in [3.8, 4) is 0 Å². The van der Waals surface area contributed by atoms with Gasteiger partial charge >= 0.3 is 0 Å². The van der Waals surface area contributed by atoms with Crippen molar-refractivity contribution in [2.75, 3.05) is 0 Å². The van der Waals surface area contributed by atoms with Gasteiger partial charge in [0.05, 0.1) is 0 Å². The van der Waals surface area contributed by atoms with Gasteiger partial charge in [-0.3, -0.25) is 0 Å². The molecule has 1 aliphatic rings. The highest BCUT2D eigenvalue weighted by molar-refractivity contribution is 5.30. The lowest BCUT2D eigenvalue weighted by molar-refractivity contribution is 0.296. The fourth-order valence-corrected chi connectivity index (χ4v) is 3.50. The minimum absolute atomic E-state index is 0.0428. The van der Waals surface area contributed by atoms with E-state index in [-0.39, 0.29) is 11.5 Å². The molecule has 0 radical (unpaired) electrons. The second-order valence-corrected chi connectivity index (χ2v) is 6.44. The van der Waals surface area contributed by atoms with Gasteiger partial charge in [-0.25, -0.2) is 13.2 Å². The molecule has 118 valence electrons. The standard InChI is InChI=1S/C18H25F3/c1-3-4-5-6-13-7-9-14(10-8-13)15-11-12(2)16(19)18(21)17(15)20/h11,13-14H,3-10H2,1-2H3. The molecule has 1 aliphatic carbocycles. The van der Waals surface area contributed by atoms with E-state index in [2.05, 4.69) is 6.92 Å². The first-order valence-corrected chi connectivity index (χ1v) is 8.18. The summed E-state index contributed by atoms with van der Waals surface area (Å²) < 4.78 is 40.9. The van der Waals surface area contributed by atoms with Crippen molar-refractivity contribution < 1.29 is 13.2 Å². The maximum Gasteiger partial charge on any atom is 0.194 e. The summed E-state index contributed by atoms with van der Waals surface area (Å²) in [7, 11) is 0. The normalized spacial score (nSPS) is 22.5. The Morgan fingerprint density at radius 2 is 1.62 bits per heavy atom. The van der Waals surface area contributed by atoms with Gasteiger partial charge in [0, 0.05) is 0 Å². The molecule has 0 aliphatic heterocycles. The molecular weight excluding hydrogens is 273 g/mol. The van der Waals surface area contributed by atoms with Gasteiger partial charge in [-0.2, -0.15) is 0 Å². The fraction of sp³-hybridized carbons (Fsp3) is 0.667. The van der Waals surface area contributed by atoms with Gasteiger partial charge in [0.25, 0.3) is 0 Å². The maximum atomic E-state index is 14.0. The van der Waals surface area contributed by atoms with Crippen LogP contribution in [0, 0.1) is 30.3 Å². The molecule has 1 aromatic rings. The molecule has 1 saturated carbocycles. The topological polar surface area (TPSA) is 0 Å². The fourth-order valence-electron chi connectivity index (χ4n) is 3.50. The first-order chi connectivity index (χ1) is 10.0. The summed E-state index contributed by atoms with van der Waals surface area (Å²) in [5.41, 5.74) is 0.576.